The number of aromatic nitrogens is 1. The summed E-state index contributed by atoms with van der Waals surface area (Å²) >= 11 is 0. The molecule has 0 aliphatic carbocycles. The second-order valence-electron chi connectivity index (χ2n) is 7.56. The third-order valence-electron chi connectivity index (χ3n) is 5.51. The van der Waals surface area contributed by atoms with Gasteiger partial charge in [0.25, 0.3) is 15.9 Å². The Hall–Kier alpha value is -3.47. The lowest BCUT2D eigenvalue weighted by molar-refractivity contribution is 0.0715. The van der Waals surface area contributed by atoms with E-state index >= 15 is 0 Å². The van der Waals surface area contributed by atoms with Gasteiger partial charge in [-0.3, -0.25) is 9.52 Å². The van der Waals surface area contributed by atoms with Gasteiger partial charge in [-0.2, -0.15) is 0 Å². The predicted molar refractivity (Wildman–Crippen MR) is 121 cm³/mol. The third kappa shape index (κ3) is 4.40. The molecule has 33 heavy (non-hydrogen) atoms. The van der Waals surface area contributed by atoms with Crippen LogP contribution in [0.3, 0.4) is 0 Å². The minimum Gasteiger partial charge on any atom is -0.493 e. The van der Waals surface area contributed by atoms with E-state index in [1.807, 2.05) is 0 Å². The van der Waals surface area contributed by atoms with Crippen LogP contribution in [0.4, 0.5) is 5.69 Å². The van der Waals surface area contributed by atoms with Gasteiger partial charge in [0.15, 0.2) is 22.8 Å². The van der Waals surface area contributed by atoms with E-state index in [0.717, 1.165) is 19.3 Å². The number of benzene rings is 2. The summed E-state index contributed by atoms with van der Waals surface area (Å²) in [4.78, 5) is 14.6. The molecule has 1 N–H and O–H groups in total. The van der Waals surface area contributed by atoms with E-state index in [4.69, 9.17) is 18.7 Å². The summed E-state index contributed by atoms with van der Waals surface area (Å²) < 4.78 is 49.9. The number of carbonyl (C=O) groups excluding carboxylic acids is 1. The maximum atomic E-state index is 13.1. The molecule has 0 radical (unpaired) electrons. The van der Waals surface area contributed by atoms with Gasteiger partial charge in [0.05, 0.1) is 37.3 Å². The molecule has 176 valence electrons. The van der Waals surface area contributed by atoms with Crippen LogP contribution in [-0.2, 0) is 10.0 Å². The molecule has 2 heterocycles. The number of anilines is 1. The van der Waals surface area contributed by atoms with Gasteiger partial charge in [-0.1, -0.05) is 5.16 Å². The zero-order valence-corrected chi connectivity index (χ0v) is 19.4. The second kappa shape index (κ2) is 9.18. The summed E-state index contributed by atoms with van der Waals surface area (Å²) in [5.41, 5.74) is 0.665. The zero-order chi connectivity index (χ0) is 23.6. The molecule has 10 nitrogen and oxygen atoms in total. The second-order valence-corrected chi connectivity index (χ2v) is 9.24. The normalized spacial score (nSPS) is 14.2. The van der Waals surface area contributed by atoms with Gasteiger partial charge < -0.3 is 23.6 Å². The molecule has 1 aromatic heterocycles. The van der Waals surface area contributed by atoms with Crippen LogP contribution in [0.1, 0.15) is 29.8 Å². The van der Waals surface area contributed by atoms with Gasteiger partial charge in [0.1, 0.15) is 0 Å². The van der Waals surface area contributed by atoms with Gasteiger partial charge in [-0.25, -0.2) is 8.42 Å². The molecule has 0 unspecified atom stereocenters. The third-order valence-corrected chi connectivity index (χ3v) is 6.89. The molecule has 0 atom stereocenters. The number of methoxy groups -OCH3 is 3. The zero-order valence-electron chi connectivity index (χ0n) is 18.6. The van der Waals surface area contributed by atoms with E-state index in [1.54, 1.807) is 4.90 Å². The number of rotatable bonds is 7. The lowest BCUT2D eigenvalue weighted by Crippen LogP contribution is -2.35. The molecule has 1 aliphatic rings. The first-order valence-electron chi connectivity index (χ1n) is 10.4. The SMILES string of the molecule is COc1cc(NS(=O)(=O)c2ccc3onc(C(=O)N4CCCCC4)c3c2)cc(OC)c1OC. The molecule has 11 heteroatoms. The van der Waals surface area contributed by atoms with Crippen LogP contribution < -0.4 is 18.9 Å². The van der Waals surface area contributed by atoms with Crippen LogP contribution in [0.5, 0.6) is 17.2 Å². The van der Waals surface area contributed by atoms with Crippen LogP contribution in [0.25, 0.3) is 11.0 Å². The number of piperidine rings is 1. The number of fused-ring (bicyclic) bond motifs is 1. The molecule has 1 amide bonds. The van der Waals surface area contributed by atoms with Gasteiger partial charge in [-0.05, 0) is 37.5 Å². The van der Waals surface area contributed by atoms with Gasteiger partial charge in [-0.15, -0.1) is 0 Å². The molecule has 0 bridgehead atoms. The lowest BCUT2D eigenvalue weighted by Gasteiger charge is -2.25. The van der Waals surface area contributed by atoms with Crippen molar-refractivity contribution in [2.75, 3.05) is 39.1 Å². The van der Waals surface area contributed by atoms with E-state index in [9.17, 15) is 13.2 Å². The van der Waals surface area contributed by atoms with Crippen LogP contribution in [0, 0.1) is 0 Å². The lowest BCUT2D eigenvalue weighted by atomic mass is 10.1. The molecular formula is C22H25N3O7S. The summed E-state index contributed by atoms with van der Waals surface area (Å²) in [6.07, 6.45) is 2.94. The average Bonchev–Trinajstić information content (AvgIpc) is 3.26. The van der Waals surface area contributed by atoms with Gasteiger partial charge >= 0.3 is 0 Å². The van der Waals surface area contributed by atoms with Crippen molar-refractivity contribution in [2.24, 2.45) is 0 Å². The molecule has 0 spiro atoms. The van der Waals surface area contributed by atoms with Crippen molar-refractivity contribution in [3.8, 4) is 17.2 Å². The van der Waals surface area contributed by atoms with E-state index in [0.29, 0.717) is 41.3 Å². The smallest absolute Gasteiger partial charge is 0.276 e. The molecule has 3 aromatic rings. The van der Waals surface area contributed by atoms with Crippen molar-refractivity contribution in [3.63, 3.8) is 0 Å². The van der Waals surface area contributed by atoms with Crippen molar-refractivity contribution in [2.45, 2.75) is 24.2 Å². The quantitative estimate of drug-likeness (QED) is 0.553. The van der Waals surface area contributed by atoms with Crippen LogP contribution in [-0.4, -0.2) is 58.8 Å². The van der Waals surface area contributed by atoms with E-state index < -0.39 is 10.0 Å². The van der Waals surface area contributed by atoms with Crippen molar-refractivity contribution >= 4 is 32.6 Å². The standard InChI is InChI=1S/C22H25N3O7S/c1-29-18-11-14(12-19(30-2)21(18)31-3)24-33(27,28)15-7-8-17-16(13-15)20(23-32-17)22(26)25-9-5-4-6-10-25/h7-8,11-13,24H,4-6,9-10H2,1-3H3. The van der Waals surface area contributed by atoms with Crippen molar-refractivity contribution in [1.82, 2.24) is 10.1 Å². The number of carbonyl (C=O) groups is 1. The number of ether oxygens (including phenoxy) is 3. The van der Waals surface area contributed by atoms with Crippen molar-refractivity contribution < 1.29 is 31.9 Å². The molecular weight excluding hydrogens is 450 g/mol. The number of nitrogens with one attached hydrogen (secondary N) is 1. The maximum absolute atomic E-state index is 13.1. The molecule has 4 rings (SSSR count). The Labute approximate surface area is 191 Å². The number of hydrogen-bond acceptors (Lipinski definition) is 8. The van der Waals surface area contributed by atoms with E-state index in [1.165, 1.54) is 51.7 Å². The Bertz CT molecular complexity index is 1260. The topological polar surface area (TPSA) is 120 Å². The highest BCUT2D eigenvalue weighted by Crippen LogP contribution is 2.40. The number of hydrogen-bond donors (Lipinski definition) is 1. The van der Waals surface area contributed by atoms with Crippen molar-refractivity contribution in [1.29, 1.82) is 0 Å². The first-order chi connectivity index (χ1) is 15.9. The molecule has 2 aromatic carbocycles. The van der Waals surface area contributed by atoms with Crippen LogP contribution in [0.15, 0.2) is 39.8 Å². The Kier molecular flexibility index (Phi) is 6.32. The molecule has 1 fully saturated rings. The average molecular weight is 476 g/mol. The summed E-state index contributed by atoms with van der Waals surface area (Å²) in [5.74, 6) is 0.687. The number of amides is 1. The summed E-state index contributed by atoms with van der Waals surface area (Å²) in [7, 11) is 0.325. The highest BCUT2D eigenvalue weighted by atomic mass is 32.2. The van der Waals surface area contributed by atoms with Crippen molar-refractivity contribution in [3.05, 3.63) is 36.0 Å². The van der Waals surface area contributed by atoms with Crippen LogP contribution >= 0.6 is 0 Å². The Morgan fingerprint density at radius 1 is 1.00 bits per heavy atom. The maximum Gasteiger partial charge on any atom is 0.276 e. The van der Waals surface area contributed by atoms with E-state index in [2.05, 4.69) is 9.88 Å². The number of likely N-dealkylation sites (tertiary alicyclic amines) is 1. The highest BCUT2D eigenvalue weighted by molar-refractivity contribution is 7.92. The monoisotopic (exact) mass is 475 g/mol. The summed E-state index contributed by atoms with van der Waals surface area (Å²) in [6.45, 7) is 1.29. The minimum absolute atomic E-state index is 0.0420. The highest BCUT2D eigenvalue weighted by Gasteiger charge is 2.26. The fourth-order valence-electron chi connectivity index (χ4n) is 3.84. The number of nitrogens with zero attached hydrogens (tertiary/aromatic N) is 2. The summed E-state index contributed by atoms with van der Waals surface area (Å²) in [5, 5.41) is 4.26. The van der Waals surface area contributed by atoms with Gasteiger partial charge in [0, 0.05) is 25.2 Å². The Morgan fingerprint density at radius 2 is 1.67 bits per heavy atom. The molecule has 0 saturated carbocycles. The summed E-state index contributed by atoms with van der Waals surface area (Å²) in [6, 6.07) is 7.25. The fourth-order valence-corrected chi connectivity index (χ4v) is 4.91. The fraction of sp³-hybridized carbons (Fsp3) is 0.364. The first kappa shape index (κ1) is 22.7. The molecule has 1 aliphatic heterocycles. The largest absolute Gasteiger partial charge is 0.493 e. The predicted octanol–water partition coefficient (Wildman–Crippen LogP) is 3.28. The first-order valence-corrected chi connectivity index (χ1v) is 11.9. The Balaban J connectivity index is 1.68. The van der Waals surface area contributed by atoms with Gasteiger partial charge in [0.2, 0.25) is 5.75 Å². The van der Waals surface area contributed by atoms with E-state index in [-0.39, 0.29) is 22.2 Å². The Morgan fingerprint density at radius 3 is 2.27 bits per heavy atom. The minimum atomic E-state index is -4.02. The molecule has 1 saturated heterocycles. The van der Waals surface area contributed by atoms with Crippen LogP contribution in [0.2, 0.25) is 0 Å². The number of sulfonamides is 1.